The molecule has 0 aliphatic carbocycles. The van der Waals surface area contributed by atoms with Gasteiger partial charge < -0.3 is 4.90 Å². The number of piperidine rings is 1. The van der Waals surface area contributed by atoms with E-state index in [1.54, 1.807) is 6.07 Å². The Balaban J connectivity index is 2.04. The molecular formula is C14H17F3N2. The molecule has 1 aromatic rings. The Kier molecular flexibility index (Phi) is 4.12. The van der Waals surface area contributed by atoms with Crippen molar-refractivity contribution in [2.24, 2.45) is 0 Å². The van der Waals surface area contributed by atoms with Crippen LogP contribution in [0.4, 0.5) is 13.2 Å². The lowest BCUT2D eigenvalue weighted by molar-refractivity contribution is -0.137. The van der Waals surface area contributed by atoms with Crippen LogP contribution in [0.2, 0.25) is 0 Å². The van der Waals surface area contributed by atoms with Crippen molar-refractivity contribution in [3.05, 3.63) is 35.4 Å². The summed E-state index contributed by atoms with van der Waals surface area (Å²) >= 11 is 0. The first-order chi connectivity index (χ1) is 8.97. The van der Waals surface area contributed by atoms with Gasteiger partial charge in [0.25, 0.3) is 0 Å². The number of hydrogen-bond acceptors (Lipinski definition) is 1. The van der Waals surface area contributed by atoms with Gasteiger partial charge in [-0.2, -0.15) is 13.2 Å². The molecule has 1 aliphatic rings. The fourth-order valence-corrected chi connectivity index (χ4v) is 2.33. The third kappa shape index (κ3) is 3.72. The fraction of sp³-hybridized carbons (Fsp3) is 0.500. The third-order valence-electron chi connectivity index (χ3n) is 3.36. The predicted octanol–water partition coefficient (Wildman–Crippen LogP) is 3.71. The molecule has 1 heterocycles. The smallest absolute Gasteiger partial charge is 0.360 e. The Bertz CT molecular complexity index is 448. The molecule has 0 amide bonds. The molecule has 5 heteroatoms. The van der Waals surface area contributed by atoms with E-state index >= 15 is 0 Å². The number of benzene rings is 1. The first kappa shape index (κ1) is 13.9. The molecule has 0 spiro atoms. The molecule has 1 fully saturated rings. The number of amidine groups is 1. The van der Waals surface area contributed by atoms with E-state index in [1.165, 1.54) is 12.5 Å². The number of hydrogen-bond donors (Lipinski definition) is 1. The lowest BCUT2D eigenvalue weighted by Gasteiger charge is -2.29. The first-order valence-electron chi connectivity index (χ1n) is 6.45. The van der Waals surface area contributed by atoms with Crippen molar-refractivity contribution in [2.45, 2.75) is 31.9 Å². The van der Waals surface area contributed by atoms with Gasteiger partial charge >= 0.3 is 6.18 Å². The number of rotatable bonds is 2. The van der Waals surface area contributed by atoms with E-state index in [4.69, 9.17) is 5.41 Å². The summed E-state index contributed by atoms with van der Waals surface area (Å²) in [5.74, 6) is 0.416. The van der Waals surface area contributed by atoms with Crippen LogP contribution in [0.3, 0.4) is 0 Å². The highest BCUT2D eigenvalue weighted by Gasteiger charge is 2.30. The van der Waals surface area contributed by atoms with Gasteiger partial charge in [0.05, 0.1) is 5.56 Å². The van der Waals surface area contributed by atoms with E-state index in [2.05, 4.69) is 0 Å². The zero-order valence-corrected chi connectivity index (χ0v) is 10.6. The predicted molar refractivity (Wildman–Crippen MR) is 68.3 cm³/mol. The molecule has 0 radical (unpaired) electrons. The maximum absolute atomic E-state index is 12.6. The Labute approximate surface area is 110 Å². The van der Waals surface area contributed by atoms with Crippen LogP contribution in [0.25, 0.3) is 0 Å². The second-order valence-electron chi connectivity index (χ2n) is 4.87. The van der Waals surface area contributed by atoms with Crippen molar-refractivity contribution < 1.29 is 13.2 Å². The van der Waals surface area contributed by atoms with Crippen LogP contribution in [0.15, 0.2) is 24.3 Å². The van der Waals surface area contributed by atoms with Gasteiger partial charge in [0, 0.05) is 19.5 Å². The van der Waals surface area contributed by atoms with Gasteiger partial charge in [-0.15, -0.1) is 0 Å². The Hall–Kier alpha value is -1.52. The minimum absolute atomic E-state index is 0.268. The zero-order chi connectivity index (χ0) is 13.9. The number of halogens is 3. The summed E-state index contributed by atoms with van der Waals surface area (Å²) < 4.78 is 37.8. The molecular weight excluding hydrogens is 253 g/mol. The van der Waals surface area contributed by atoms with Crippen LogP contribution >= 0.6 is 0 Å². The Morgan fingerprint density at radius 1 is 1.16 bits per heavy atom. The van der Waals surface area contributed by atoms with E-state index in [-0.39, 0.29) is 6.42 Å². The van der Waals surface area contributed by atoms with Crippen molar-refractivity contribution in [1.29, 1.82) is 5.41 Å². The molecule has 0 bridgehead atoms. The minimum atomic E-state index is -4.32. The number of nitrogens with one attached hydrogen (secondary N) is 1. The van der Waals surface area contributed by atoms with Gasteiger partial charge in [-0.25, -0.2) is 0 Å². The van der Waals surface area contributed by atoms with Gasteiger partial charge in [-0.3, -0.25) is 5.41 Å². The van der Waals surface area contributed by atoms with Crippen molar-refractivity contribution in [1.82, 2.24) is 4.90 Å². The molecule has 104 valence electrons. The van der Waals surface area contributed by atoms with Crippen LogP contribution in [-0.4, -0.2) is 23.8 Å². The van der Waals surface area contributed by atoms with Gasteiger partial charge in [0.1, 0.15) is 5.84 Å². The van der Waals surface area contributed by atoms with Crippen molar-refractivity contribution in [3.63, 3.8) is 0 Å². The quantitative estimate of drug-likeness (QED) is 0.643. The highest BCUT2D eigenvalue weighted by Crippen LogP contribution is 2.29. The maximum Gasteiger partial charge on any atom is 0.416 e. The molecule has 1 aromatic carbocycles. The van der Waals surface area contributed by atoms with Crippen LogP contribution in [-0.2, 0) is 12.6 Å². The molecule has 1 aliphatic heterocycles. The highest BCUT2D eigenvalue weighted by atomic mass is 19.4. The molecule has 1 saturated heterocycles. The first-order valence-corrected chi connectivity index (χ1v) is 6.45. The Morgan fingerprint density at radius 3 is 2.47 bits per heavy atom. The third-order valence-corrected chi connectivity index (χ3v) is 3.36. The molecule has 0 unspecified atom stereocenters. The molecule has 19 heavy (non-hydrogen) atoms. The van der Waals surface area contributed by atoms with E-state index in [1.807, 2.05) is 4.90 Å². The maximum atomic E-state index is 12.6. The summed E-state index contributed by atoms with van der Waals surface area (Å²) in [5, 5.41) is 7.99. The lowest BCUT2D eigenvalue weighted by Crippen LogP contribution is -2.36. The van der Waals surface area contributed by atoms with Gasteiger partial charge in [0.15, 0.2) is 0 Å². The van der Waals surface area contributed by atoms with Crippen LogP contribution in [0, 0.1) is 5.41 Å². The number of likely N-dealkylation sites (tertiary alicyclic amines) is 1. The number of nitrogens with zero attached hydrogens (tertiary/aromatic N) is 1. The lowest BCUT2D eigenvalue weighted by atomic mass is 10.1. The average Bonchev–Trinajstić information content (AvgIpc) is 2.39. The van der Waals surface area contributed by atoms with Crippen molar-refractivity contribution in [2.75, 3.05) is 13.1 Å². The van der Waals surface area contributed by atoms with E-state index in [0.717, 1.165) is 38.1 Å². The summed E-state index contributed by atoms with van der Waals surface area (Å²) in [7, 11) is 0. The molecule has 2 nitrogen and oxygen atoms in total. The van der Waals surface area contributed by atoms with Crippen LogP contribution in [0.1, 0.15) is 30.4 Å². The van der Waals surface area contributed by atoms with E-state index in [9.17, 15) is 13.2 Å². The molecule has 0 saturated carbocycles. The van der Waals surface area contributed by atoms with Crippen LogP contribution < -0.4 is 0 Å². The summed E-state index contributed by atoms with van der Waals surface area (Å²) in [6.45, 7) is 1.69. The standard InChI is InChI=1S/C14H17F3N2/c15-14(16,17)12-6-4-5-11(9-12)10-13(18)19-7-2-1-3-8-19/h4-6,9,18H,1-3,7-8,10H2. The van der Waals surface area contributed by atoms with Crippen molar-refractivity contribution in [3.8, 4) is 0 Å². The second kappa shape index (κ2) is 5.63. The SMILES string of the molecule is N=C(Cc1cccc(C(F)(F)F)c1)N1CCCCC1. The molecule has 1 N–H and O–H groups in total. The van der Waals surface area contributed by atoms with Gasteiger partial charge in [-0.05, 0) is 30.9 Å². The summed E-state index contributed by atoms with van der Waals surface area (Å²) in [4.78, 5) is 1.96. The van der Waals surface area contributed by atoms with E-state index < -0.39 is 11.7 Å². The second-order valence-corrected chi connectivity index (χ2v) is 4.87. The number of alkyl halides is 3. The van der Waals surface area contributed by atoms with Crippen molar-refractivity contribution >= 4 is 5.84 Å². The Morgan fingerprint density at radius 2 is 1.84 bits per heavy atom. The van der Waals surface area contributed by atoms with Crippen LogP contribution in [0.5, 0.6) is 0 Å². The normalized spacial score (nSPS) is 16.5. The summed E-state index contributed by atoms with van der Waals surface area (Å²) in [6.07, 6.45) is -0.753. The largest absolute Gasteiger partial charge is 0.416 e. The topological polar surface area (TPSA) is 27.1 Å². The average molecular weight is 270 g/mol. The van der Waals surface area contributed by atoms with Gasteiger partial charge in [-0.1, -0.05) is 18.2 Å². The molecule has 2 rings (SSSR count). The monoisotopic (exact) mass is 270 g/mol. The summed E-state index contributed by atoms with van der Waals surface area (Å²) in [6, 6.07) is 5.25. The summed E-state index contributed by atoms with van der Waals surface area (Å²) in [5.41, 5.74) is -0.0955. The molecule has 0 aromatic heterocycles. The fourth-order valence-electron chi connectivity index (χ4n) is 2.33. The molecule has 0 atom stereocenters. The van der Waals surface area contributed by atoms with E-state index in [0.29, 0.717) is 11.4 Å². The highest BCUT2D eigenvalue weighted by molar-refractivity contribution is 5.81. The zero-order valence-electron chi connectivity index (χ0n) is 10.6. The van der Waals surface area contributed by atoms with Gasteiger partial charge in [0.2, 0.25) is 0 Å². The minimum Gasteiger partial charge on any atom is -0.360 e.